The van der Waals surface area contributed by atoms with E-state index in [0.29, 0.717) is 0 Å². The van der Waals surface area contributed by atoms with Gasteiger partial charge in [0.05, 0.1) is 0 Å². The van der Waals surface area contributed by atoms with E-state index >= 15 is 0 Å². The Hall–Kier alpha value is 0.310. The Morgan fingerprint density at radius 3 is 2.43 bits per heavy atom. The second-order valence-electron chi connectivity index (χ2n) is 4.78. The lowest BCUT2D eigenvalue weighted by atomic mass is 9.99. The second kappa shape index (κ2) is 6.02. The van der Waals surface area contributed by atoms with E-state index in [1.807, 2.05) is 0 Å². The third-order valence-electron chi connectivity index (χ3n) is 3.68. The van der Waals surface area contributed by atoms with Gasteiger partial charge in [-0.05, 0) is 56.1 Å². The van der Waals surface area contributed by atoms with Crippen molar-refractivity contribution in [3.05, 3.63) is 0 Å². The SMILES string of the molecule is C1CCC(NCCC2CCSCC2)C1. The molecule has 1 heterocycles. The average molecular weight is 213 g/mol. The highest BCUT2D eigenvalue weighted by Gasteiger charge is 2.16. The summed E-state index contributed by atoms with van der Waals surface area (Å²) in [4.78, 5) is 0. The molecule has 2 rings (SSSR count). The minimum atomic E-state index is 0.868. The van der Waals surface area contributed by atoms with Crippen LogP contribution < -0.4 is 5.32 Å². The molecule has 2 fully saturated rings. The van der Waals surface area contributed by atoms with Crippen LogP contribution in [-0.2, 0) is 0 Å². The fourth-order valence-corrected chi connectivity index (χ4v) is 3.86. The van der Waals surface area contributed by atoms with Gasteiger partial charge in [0.15, 0.2) is 0 Å². The van der Waals surface area contributed by atoms with Crippen molar-refractivity contribution in [2.45, 2.75) is 51.0 Å². The van der Waals surface area contributed by atoms with Gasteiger partial charge in [-0.2, -0.15) is 11.8 Å². The van der Waals surface area contributed by atoms with E-state index in [4.69, 9.17) is 0 Å². The minimum Gasteiger partial charge on any atom is -0.314 e. The molecule has 1 saturated carbocycles. The van der Waals surface area contributed by atoms with Gasteiger partial charge in [-0.25, -0.2) is 0 Å². The third-order valence-corrected chi connectivity index (χ3v) is 4.73. The highest BCUT2D eigenvalue weighted by atomic mass is 32.2. The van der Waals surface area contributed by atoms with E-state index < -0.39 is 0 Å². The largest absolute Gasteiger partial charge is 0.314 e. The van der Waals surface area contributed by atoms with Crippen molar-refractivity contribution in [3.8, 4) is 0 Å². The van der Waals surface area contributed by atoms with Gasteiger partial charge in [-0.3, -0.25) is 0 Å². The number of thioether (sulfide) groups is 1. The van der Waals surface area contributed by atoms with Crippen LogP contribution in [0.3, 0.4) is 0 Å². The quantitative estimate of drug-likeness (QED) is 0.770. The first-order valence-electron chi connectivity index (χ1n) is 6.26. The Morgan fingerprint density at radius 1 is 1.00 bits per heavy atom. The molecule has 0 bridgehead atoms. The molecule has 2 aliphatic rings. The molecule has 0 aromatic carbocycles. The molecule has 1 aliphatic carbocycles. The summed E-state index contributed by atoms with van der Waals surface area (Å²) < 4.78 is 0. The predicted molar refractivity (Wildman–Crippen MR) is 64.9 cm³/mol. The molecule has 1 saturated heterocycles. The topological polar surface area (TPSA) is 12.0 Å². The molecule has 0 radical (unpaired) electrons. The summed E-state index contributed by atoms with van der Waals surface area (Å²) in [6.45, 7) is 1.28. The van der Waals surface area contributed by atoms with Crippen molar-refractivity contribution in [2.75, 3.05) is 18.1 Å². The molecule has 0 spiro atoms. The molecule has 0 aromatic rings. The molecule has 1 N–H and O–H groups in total. The molecule has 14 heavy (non-hydrogen) atoms. The normalized spacial score (nSPS) is 25.7. The van der Waals surface area contributed by atoms with E-state index in [-0.39, 0.29) is 0 Å². The standard InChI is InChI=1S/C12H23NS/c1-2-4-12(3-1)13-8-5-11-6-9-14-10-7-11/h11-13H,1-10H2. The first-order valence-corrected chi connectivity index (χ1v) is 7.42. The van der Waals surface area contributed by atoms with Gasteiger partial charge in [0.25, 0.3) is 0 Å². The number of hydrogen-bond donors (Lipinski definition) is 1. The van der Waals surface area contributed by atoms with Crippen molar-refractivity contribution >= 4 is 11.8 Å². The third kappa shape index (κ3) is 3.47. The van der Waals surface area contributed by atoms with E-state index in [1.54, 1.807) is 0 Å². The Labute approximate surface area is 92.4 Å². The molecule has 2 heteroatoms. The summed E-state index contributed by atoms with van der Waals surface area (Å²) in [6.07, 6.45) is 10.1. The van der Waals surface area contributed by atoms with Crippen molar-refractivity contribution in [2.24, 2.45) is 5.92 Å². The molecule has 82 valence electrons. The van der Waals surface area contributed by atoms with Crippen LogP contribution in [0.15, 0.2) is 0 Å². The summed E-state index contributed by atoms with van der Waals surface area (Å²) in [5.74, 6) is 3.85. The van der Waals surface area contributed by atoms with E-state index in [2.05, 4.69) is 17.1 Å². The average Bonchev–Trinajstić information content (AvgIpc) is 2.72. The maximum absolute atomic E-state index is 3.72. The second-order valence-corrected chi connectivity index (χ2v) is 6.00. The lowest BCUT2D eigenvalue weighted by molar-refractivity contribution is 0.414. The lowest BCUT2D eigenvalue weighted by Crippen LogP contribution is -2.28. The predicted octanol–water partition coefficient (Wildman–Crippen LogP) is 3.05. The van der Waals surface area contributed by atoms with Gasteiger partial charge in [-0.1, -0.05) is 12.8 Å². The summed E-state index contributed by atoms with van der Waals surface area (Å²) in [5.41, 5.74) is 0. The Bertz CT molecular complexity index is 148. The van der Waals surface area contributed by atoms with E-state index in [1.165, 1.54) is 63.0 Å². The van der Waals surface area contributed by atoms with Crippen LogP contribution >= 0.6 is 11.8 Å². The fourth-order valence-electron chi connectivity index (χ4n) is 2.66. The van der Waals surface area contributed by atoms with Crippen molar-refractivity contribution < 1.29 is 0 Å². The molecule has 1 nitrogen and oxygen atoms in total. The Balaban J connectivity index is 1.52. The summed E-state index contributed by atoms with van der Waals surface area (Å²) in [5, 5.41) is 3.72. The minimum absolute atomic E-state index is 0.868. The van der Waals surface area contributed by atoms with Crippen LogP contribution in [0.2, 0.25) is 0 Å². The molecule has 1 aliphatic heterocycles. The Morgan fingerprint density at radius 2 is 1.71 bits per heavy atom. The van der Waals surface area contributed by atoms with E-state index in [0.717, 1.165) is 12.0 Å². The van der Waals surface area contributed by atoms with Gasteiger partial charge in [0.1, 0.15) is 0 Å². The van der Waals surface area contributed by atoms with Gasteiger partial charge >= 0.3 is 0 Å². The Kier molecular flexibility index (Phi) is 4.65. The van der Waals surface area contributed by atoms with Gasteiger partial charge < -0.3 is 5.32 Å². The van der Waals surface area contributed by atoms with Crippen LogP contribution in [0.4, 0.5) is 0 Å². The van der Waals surface area contributed by atoms with Crippen LogP contribution in [0, 0.1) is 5.92 Å². The number of nitrogens with one attached hydrogen (secondary N) is 1. The van der Waals surface area contributed by atoms with Crippen molar-refractivity contribution in [1.29, 1.82) is 0 Å². The number of hydrogen-bond acceptors (Lipinski definition) is 2. The lowest BCUT2D eigenvalue weighted by Gasteiger charge is -2.22. The van der Waals surface area contributed by atoms with Crippen LogP contribution in [0.5, 0.6) is 0 Å². The van der Waals surface area contributed by atoms with Gasteiger partial charge in [0.2, 0.25) is 0 Å². The first-order chi connectivity index (χ1) is 6.95. The summed E-state index contributed by atoms with van der Waals surface area (Å²) in [6, 6.07) is 0.868. The maximum atomic E-state index is 3.72. The van der Waals surface area contributed by atoms with Crippen LogP contribution in [0.1, 0.15) is 44.9 Å². The van der Waals surface area contributed by atoms with Gasteiger partial charge in [0, 0.05) is 6.04 Å². The molecule has 0 atom stereocenters. The zero-order chi connectivity index (χ0) is 9.64. The van der Waals surface area contributed by atoms with Gasteiger partial charge in [-0.15, -0.1) is 0 Å². The first kappa shape index (κ1) is 10.8. The monoisotopic (exact) mass is 213 g/mol. The molecule has 0 unspecified atom stereocenters. The zero-order valence-corrected chi connectivity index (χ0v) is 9.95. The van der Waals surface area contributed by atoms with E-state index in [9.17, 15) is 0 Å². The highest BCUT2D eigenvalue weighted by molar-refractivity contribution is 7.99. The molecular formula is C12H23NS. The van der Waals surface area contributed by atoms with Crippen molar-refractivity contribution in [1.82, 2.24) is 5.32 Å². The summed E-state index contributed by atoms with van der Waals surface area (Å²) in [7, 11) is 0. The maximum Gasteiger partial charge on any atom is 0.00670 e. The van der Waals surface area contributed by atoms with Crippen molar-refractivity contribution in [3.63, 3.8) is 0 Å². The fraction of sp³-hybridized carbons (Fsp3) is 1.00. The van der Waals surface area contributed by atoms with Crippen LogP contribution in [0.25, 0.3) is 0 Å². The molecule has 0 amide bonds. The highest BCUT2D eigenvalue weighted by Crippen LogP contribution is 2.25. The smallest absolute Gasteiger partial charge is 0.00670 e. The summed E-state index contributed by atoms with van der Waals surface area (Å²) >= 11 is 2.14. The molecular weight excluding hydrogens is 190 g/mol. The zero-order valence-electron chi connectivity index (χ0n) is 9.13. The number of rotatable bonds is 4. The molecule has 0 aromatic heterocycles. The van der Waals surface area contributed by atoms with Crippen LogP contribution in [-0.4, -0.2) is 24.1 Å².